The molecule has 0 amide bonds. The summed E-state index contributed by atoms with van der Waals surface area (Å²) >= 11 is 0. The van der Waals surface area contributed by atoms with Crippen molar-refractivity contribution in [2.24, 2.45) is 11.8 Å². The second-order valence-electron chi connectivity index (χ2n) is 3.25. The summed E-state index contributed by atoms with van der Waals surface area (Å²) in [4.78, 5) is 11.0. The molecular weight excluding hydrogens is 128 g/mol. The standard InChI is InChI=1S/C8H16O2/c1-5(2)7(9)8(10)6(3)4/h5-7,9H,1-4H3. The Balaban J connectivity index is 3.95. The van der Waals surface area contributed by atoms with Crippen LogP contribution in [0.4, 0.5) is 0 Å². The van der Waals surface area contributed by atoms with Gasteiger partial charge in [0.15, 0.2) is 5.78 Å². The van der Waals surface area contributed by atoms with Crippen LogP contribution in [0, 0.1) is 11.8 Å². The number of carbonyl (C=O) groups is 1. The van der Waals surface area contributed by atoms with Gasteiger partial charge in [-0.3, -0.25) is 4.79 Å². The first-order chi connectivity index (χ1) is 4.46. The maximum atomic E-state index is 11.0. The van der Waals surface area contributed by atoms with Crippen LogP contribution in [0.25, 0.3) is 0 Å². The highest BCUT2D eigenvalue weighted by molar-refractivity contribution is 5.84. The Morgan fingerprint density at radius 1 is 1.20 bits per heavy atom. The number of hydrogen-bond donors (Lipinski definition) is 1. The molecule has 0 fully saturated rings. The third-order valence-corrected chi connectivity index (χ3v) is 1.49. The van der Waals surface area contributed by atoms with E-state index in [1.165, 1.54) is 0 Å². The molecule has 0 spiro atoms. The first-order valence-electron chi connectivity index (χ1n) is 3.68. The number of carbonyl (C=O) groups excluding carboxylic acids is 1. The van der Waals surface area contributed by atoms with E-state index < -0.39 is 6.10 Å². The first-order valence-corrected chi connectivity index (χ1v) is 3.68. The molecule has 0 rings (SSSR count). The highest BCUT2D eigenvalue weighted by Crippen LogP contribution is 2.07. The molecule has 1 atom stereocenters. The molecule has 0 radical (unpaired) electrons. The second-order valence-corrected chi connectivity index (χ2v) is 3.25. The van der Waals surface area contributed by atoms with E-state index in [1.807, 2.05) is 13.8 Å². The zero-order valence-corrected chi connectivity index (χ0v) is 7.09. The van der Waals surface area contributed by atoms with E-state index in [0.29, 0.717) is 0 Å². The van der Waals surface area contributed by atoms with Gasteiger partial charge in [0.1, 0.15) is 6.10 Å². The molecule has 0 aromatic rings. The number of rotatable bonds is 3. The lowest BCUT2D eigenvalue weighted by atomic mass is 9.96. The van der Waals surface area contributed by atoms with Crippen molar-refractivity contribution in [3.8, 4) is 0 Å². The van der Waals surface area contributed by atoms with Gasteiger partial charge < -0.3 is 5.11 Å². The Morgan fingerprint density at radius 2 is 1.60 bits per heavy atom. The minimum absolute atomic E-state index is 0.0369. The summed E-state index contributed by atoms with van der Waals surface area (Å²) in [6, 6.07) is 0. The topological polar surface area (TPSA) is 37.3 Å². The summed E-state index contributed by atoms with van der Waals surface area (Å²) < 4.78 is 0. The number of aliphatic hydroxyl groups is 1. The highest BCUT2D eigenvalue weighted by atomic mass is 16.3. The van der Waals surface area contributed by atoms with Crippen LogP contribution in [-0.2, 0) is 4.79 Å². The summed E-state index contributed by atoms with van der Waals surface area (Å²) in [5.41, 5.74) is 0. The quantitative estimate of drug-likeness (QED) is 0.646. The van der Waals surface area contributed by atoms with E-state index in [9.17, 15) is 9.90 Å². The van der Waals surface area contributed by atoms with Gasteiger partial charge in [0.05, 0.1) is 0 Å². The van der Waals surface area contributed by atoms with Crippen molar-refractivity contribution in [1.82, 2.24) is 0 Å². The maximum Gasteiger partial charge on any atom is 0.164 e. The molecule has 1 N–H and O–H groups in total. The minimum Gasteiger partial charge on any atom is -0.385 e. The molecule has 0 aromatic heterocycles. The molecule has 2 nitrogen and oxygen atoms in total. The maximum absolute atomic E-state index is 11.0. The third-order valence-electron chi connectivity index (χ3n) is 1.49. The van der Waals surface area contributed by atoms with Gasteiger partial charge in [0.2, 0.25) is 0 Å². The van der Waals surface area contributed by atoms with Gasteiger partial charge in [-0.25, -0.2) is 0 Å². The van der Waals surface area contributed by atoms with Gasteiger partial charge in [-0.2, -0.15) is 0 Å². The molecule has 0 aromatic carbocycles. The monoisotopic (exact) mass is 144 g/mol. The number of ketones is 1. The van der Waals surface area contributed by atoms with Gasteiger partial charge in [0, 0.05) is 5.92 Å². The lowest BCUT2D eigenvalue weighted by molar-refractivity contribution is -0.132. The Morgan fingerprint density at radius 3 is 1.70 bits per heavy atom. The van der Waals surface area contributed by atoms with E-state index in [0.717, 1.165) is 0 Å². The van der Waals surface area contributed by atoms with Crippen molar-refractivity contribution < 1.29 is 9.90 Å². The molecule has 0 saturated carbocycles. The number of aliphatic hydroxyl groups excluding tert-OH is 1. The highest BCUT2D eigenvalue weighted by Gasteiger charge is 2.20. The van der Waals surface area contributed by atoms with Crippen molar-refractivity contribution in [3.05, 3.63) is 0 Å². The second kappa shape index (κ2) is 3.71. The zero-order chi connectivity index (χ0) is 8.31. The molecular formula is C8H16O2. The van der Waals surface area contributed by atoms with Gasteiger partial charge in [-0.15, -0.1) is 0 Å². The predicted molar refractivity (Wildman–Crippen MR) is 40.7 cm³/mol. The molecule has 0 aliphatic heterocycles. The Kier molecular flexibility index (Phi) is 3.58. The van der Waals surface area contributed by atoms with Crippen LogP contribution in [0.1, 0.15) is 27.7 Å². The predicted octanol–water partition coefficient (Wildman–Crippen LogP) is 1.23. The van der Waals surface area contributed by atoms with Gasteiger partial charge in [0.25, 0.3) is 0 Å². The van der Waals surface area contributed by atoms with Crippen LogP contribution in [0.5, 0.6) is 0 Å². The molecule has 0 aliphatic rings. The summed E-state index contributed by atoms with van der Waals surface area (Å²) in [6.07, 6.45) is -0.778. The van der Waals surface area contributed by atoms with Crippen molar-refractivity contribution in [1.29, 1.82) is 0 Å². The fourth-order valence-corrected chi connectivity index (χ4v) is 0.670. The van der Waals surface area contributed by atoms with Gasteiger partial charge in [-0.05, 0) is 5.92 Å². The summed E-state index contributed by atoms with van der Waals surface area (Å²) in [7, 11) is 0. The van der Waals surface area contributed by atoms with E-state index in [4.69, 9.17) is 0 Å². The van der Waals surface area contributed by atoms with Crippen LogP contribution < -0.4 is 0 Å². The Labute approximate surface area is 62.2 Å². The van der Waals surface area contributed by atoms with Crippen LogP contribution in [0.3, 0.4) is 0 Å². The van der Waals surface area contributed by atoms with Crippen LogP contribution in [0.15, 0.2) is 0 Å². The van der Waals surface area contributed by atoms with Gasteiger partial charge >= 0.3 is 0 Å². The molecule has 0 heterocycles. The average Bonchev–Trinajstić information content (AvgIpc) is 1.84. The molecule has 0 saturated heterocycles. The van der Waals surface area contributed by atoms with E-state index in [2.05, 4.69) is 0 Å². The van der Waals surface area contributed by atoms with Crippen LogP contribution >= 0.6 is 0 Å². The number of hydrogen-bond acceptors (Lipinski definition) is 2. The van der Waals surface area contributed by atoms with Crippen molar-refractivity contribution in [2.45, 2.75) is 33.8 Å². The summed E-state index contributed by atoms with van der Waals surface area (Å²) in [6.45, 7) is 7.28. The summed E-state index contributed by atoms with van der Waals surface area (Å²) in [5.74, 6) is -0.0812. The molecule has 10 heavy (non-hydrogen) atoms. The van der Waals surface area contributed by atoms with E-state index in [1.54, 1.807) is 13.8 Å². The molecule has 0 aliphatic carbocycles. The lowest BCUT2D eigenvalue weighted by Crippen LogP contribution is -2.29. The van der Waals surface area contributed by atoms with Gasteiger partial charge in [-0.1, -0.05) is 27.7 Å². The third kappa shape index (κ3) is 2.48. The largest absolute Gasteiger partial charge is 0.385 e. The van der Waals surface area contributed by atoms with E-state index >= 15 is 0 Å². The smallest absolute Gasteiger partial charge is 0.164 e. The van der Waals surface area contributed by atoms with Crippen molar-refractivity contribution in [2.75, 3.05) is 0 Å². The van der Waals surface area contributed by atoms with Crippen LogP contribution in [0.2, 0.25) is 0 Å². The summed E-state index contributed by atoms with van der Waals surface area (Å²) in [5, 5.41) is 9.22. The van der Waals surface area contributed by atoms with Crippen LogP contribution in [-0.4, -0.2) is 17.0 Å². The minimum atomic E-state index is -0.778. The Hall–Kier alpha value is -0.370. The number of Topliss-reactive ketones (excluding diaryl/α,β-unsaturated/α-hetero) is 1. The molecule has 1 unspecified atom stereocenters. The zero-order valence-electron chi connectivity index (χ0n) is 7.09. The van der Waals surface area contributed by atoms with E-state index in [-0.39, 0.29) is 17.6 Å². The molecule has 2 heteroatoms. The normalized spacial score (nSPS) is 14.3. The SMILES string of the molecule is CC(C)C(=O)C(O)C(C)C. The average molecular weight is 144 g/mol. The fourth-order valence-electron chi connectivity index (χ4n) is 0.670. The molecule has 0 bridgehead atoms. The Bertz CT molecular complexity index is 116. The van der Waals surface area contributed by atoms with Crippen molar-refractivity contribution >= 4 is 5.78 Å². The lowest BCUT2D eigenvalue weighted by Gasteiger charge is -2.14. The first kappa shape index (κ1) is 9.63. The molecule has 60 valence electrons. The van der Waals surface area contributed by atoms with Crippen molar-refractivity contribution in [3.63, 3.8) is 0 Å². The fraction of sp³-hybridized carbons (Fsp3) is 0.875.